The molecule has 2 saturated heterocycles. The highest BCUT2D eigenvalue weighted by atomic mass is 16.2. The van der Waals surface area contributed by atoms with Gasteiger partial charge < -0.3 is 15.1 Å². The minimum absolute atomic E-state index is 0.0806. The third-order valence-corrected chi connectivity index (χ3v) is 3.17. The van der Waals surface area contributed by atoms with Crippen LogP contribution in [0.1, 0.15) is 0 Å². The van der Waals surface area contributed by atoms with Crippen LogP contribution in [0.15, 0.2) is 0 Å². The van der Waals surface area contributed by atoms with Gasteiger partial charge in [0.15, 0.2) is 0 Å². The van der Waals surface area contributed by atoms with Crippen LogP contribution in [0.25, 0.3) is 0 Å². The maximum Gasteiger partial charge on any atom is 0.317 e. The molecule has 13 heavy (non-hydrogen) atoms. The van der Waals surface area contributed by atoms with E-state index in [9.17, 15) is 4.79 Å². The van der Waals surface area contributed by atoms with E-state index in [1.54, 1.807) is 7.05 Å². The molecule has 2 fully saturated rings. The lowest BCUT2D eigenvalue weighted by atomic mass is 10.0. The summed E-state index contributed by atoms with van der Waals surface area (Å²) in [4.78, 5) is 15.6. The van der Waals surface area contributed by atoms with Crippen molar-refractivity contribution in [2.24, 2.45) is 11.8 Å². The number of carbonyl (C=O) groups is 1. The summed E-state index contributed by atoms with van der Waals surface area (Å²) in [6.45, 7) is 4.18. The quantitative estimate of drug-likeness (QED) is 0.565. The zero-order valence-corrected chi connectivity index (χ0v) is 8.29. The summed E-state index contributed by atoms with van der Waals surface area (Å²) >= 11 is 0. The molecule has 2 aliphatic rings. The van der Waals surface area contributed by atoms with Crippen LogP contribution >= 0.6 is 0 Å². The number of likely N-dealkylation sites (tertiary alicyclic amines) is 2. The van der Waals surface area contributed by atoms with Gasteiger partial charge in [0.05, 0.1) is 0 Å². The van der Waals surface area contributed by atoms with E-state index in [0.717, 1.165) is 26.2 Å². The lowest BCUT2D eigenvalue weighted by Crippen LogP contribution is -2.38. The average Bonchev–Trinajstić information content (AvgIpc) is 2.59. The Morgan fingerprint density at radius 3 is 2.23 bits per heavy atom. The van der Waals surface area contributed by atoms with Crippen LogP contribution in [0, 0.1) is 11.8 Å². The van der Waals surface area contributed by atoms with Crippen LogP contribution in [-0.4, -0.2) is 56.1 Å². The van der Waals surface area contributed by atoms with Crippen LogP contribution in [0.3, 0.4) is 0 Å². The van der Waals surface area contributed by atoms with Gasteiger partial charge in [-0.25, -0.2) is 4.79 Å². The van der Waals surface area contributed by atoms with E-state index >= 15 is 0 Å². The summed E-state index contributed by atoms with van der Waals surface area (Å²) in [6, 6.07) is 0.0806. The first-order valence-electron chi connectivity index (χ1n) is 4.86. The molecule has 0 aromatic heterocycles. The molecule has 2 rings (SSSR count). The molecule has 4 nitrogen and oxygen atoms in total. The molecular weight excluding hydrogens is 166 g/mol. The van der Waals surface area contributed by atoms with Crippen molar-refractivity contribution in [3.05, 3.63) is 0 Å². The standard InChI is InChI=1S/C9H17N3O/c1-10-9(13)12-5-7-3-11(2)4-8(7)6-12/h7-8H,3-6H2,1-2H3,(H,10,13)/t7-,8?/m1/s1. The van der Waals surface area contributed by atoms with E-state index in [1.165, 1.54) is 0 Å². The van der Waals surface area contributed by atoms with Gasteiger partial charge in [-0.05, 0) is 18.9 Å². The minimum Gasteiger partial charge on any atom is -0.341 e. The van der Waals surface area contributed by atoms with E-state index in [-0.39, 0.29) is 6.03 Å². The molecule has 0 saturated carbocycles. The van der Waals surface area contributed by atoms with Gasteiger partial charge in [0.2, 0.25) is 0 Å². The fraction of sp³-hybridized carbons (Fsp3) is 0.889. The van der Waals surface area contributed by atoms with Crippen LogP contribution in [0.5, 0.6) is 0 Å². The van der Waals surface area contributed by atoms with Gasteiger partial charge in [0.1, 0.15) is 0 Å². The number of nitrogens with zero attached hydrogens (tertiary/aromatic N) is 2. The maximum atomic E-state index is 11.3. The van der Waals surface area contributed by atoms with Crippen molar-refractivity contribution in [2.75, 3.05) is 40.3 Å². The van der Waals surface area contributed by atoms with Crippen molar-refractivity contribution in [3.8, 4) is 0 Å². The highest BCUT2D eigenvalue weighted by molar-refractivity contribution is 5.74. The second-order valence-electron chi connectivity index (χ2n) is 4.20. The predicted octanol–water partition coefficient (Wildman–Crippen LogP) is -0.181. The fourth-order valence-corrected chi connectivity index (χ4v) is 2.55. The van der Waals surface area contributed by atoms with Crippen molar-refractivity contribution < 1.29 is 4.79 Å². The number of carbonyl (C=O) groups excluding carboxylic acids is 1. The average molecular weight is 183 g/mol. The first-order valence-corrected chi connectivity index (χ1v) is 4.86. The zero-order valence-electron chi connectivity index (χ0n) is 8.29. The molecule has 4 heteroatoms. The number of nitrogens with one attached hydrogen (secondary N) is 1. The minimum atomic E-state index is 0.0806. The fourth-order valence-electron chi connectivity index (χ4n) is 2.55. The van der Waals surface area contributed by atoms with E-state index in [2.05, 4.69) is 17.3 Å². The van der Waals surface area contributed by atoms with Crippen molar-refractivity contribution in [2.45, 2.75) is 0 Å². The number of hydrogen-bond acceptors (Lipinski definition) is 2. The molecule has 0 bridgehead atoms. The van der Waals surface area contributed by atoms with E-state index in [4.69, 9.17) is 0 Å². The van der Waals surface area contributed by atoms with Crippen LogP contribution in [0.2, 0.25) is 0 Å². The van der Waals surface area contributed by atoms with Gasteiger partial charge in [-0.2, -0.15) is 0 Å². The third kappa shape index (κ3) is 1.50. The Labute approximate surface area is 78.9 Å². The third-order valence-electron chi connectivity index (χ3n) is 3.17. The molecule has 0 aromatic rings. The van der Waals surface area contributed by atoms with Crippen LogP contribution in [-0.2, 0) is 0 Å². The SMILES string of the molecule is CNC(=O)N1CC2CN(C)C[C@@H]2C1. The smallest absolute Gasteiger partial charge is 0.317 e. The molecule has 1 unspecified atom stereocenters. The monoisotopic (exact) mass is 183 g/mol. The Morgan fingerprint density at radius 1 is 1.23 bits per heavy atom. The van der Waals surface area contributed by atoms with Gasteiger partial charge >= 0.3 is 6.03 Å². The number of amides is 2. The Morgan fingerprint density at radius 2 is 1.77 bits per heavy atom. The largest absolute Gasteiger partial charge is 0.341 e. The normalized spacial score (nSPS) is 33.5. The summed E-state index contributed by atoms with van der Waals surface area (Å²) in [6.07, 6.45) is 0. The van der Waals surface area contributed by atoms with E-state index < -0.39 is 0 Å². The number of hydrogen-bond donors (Lipinski definition) is 1. The summed E-state index contributed by atoms with van der Waals surface area (Å²) in [5.74, 6) is 1.42. The predicted molar refractivity (Wildman–Crippen MR) is 50.5 cm³/mol. The molecule has 74 valence electrons. The summed E-state index contributed by atoms with van der Waals surface area (Å²) in [5, 5.41) is 2.68. The highest BCUT2D eigenvalue weighted by Crippen LogP contribution is 2.29. The first kappa shape index (κ1) is 8.81. The van der Waals surface area contributed by atoms with E-state index in [0.29, 0.717) is 11.8 Å². The van der Waals surface area contributed by atoms with Crippen molar-refractivity contribution >= 4 is 6.03 Å². The summed E-state index contributed by atoms with van der Waals surface area (Å²) < 4.78 is 0. The van der Waals surface area contributed by atoms with Gasteiger partial charge in [0.25, 0.3) is 0 Å². The van der Waals surface area contributed by atoms with E-state index in [1.807, 2.05) is 4.90 Å². The second kappa shape index (κ2) is 3.18. The van der Waals surface area contributed by atoms with Crippen molar-refractivity contribution in [1.82, 2.24) is 15.1 Å². The second-order valence-corrected chi connectivity index (χ2v) is 4.20. The number of urea groups is 1. The lowest BCUT2D eigenvalue weighted by Gasteiger charge is -2.18. The molecule has 2 heterocycles. The van der Waals surface area contributed by atoms with Gasteiger partial charge in [-0.15, -0.1) is 0 Å². The Bertz CT molecular complexity index is 205. The van der Waals surface area contributed by atoms with Crippen molar-refractivity contribution in [1.29, 1.82) is 0 Å². The number of fused-ring (bicyclic) bond motifs is 1. The van der Waals surface area contributed by atoms with Gasteiger partial charge in [-0.3, -0.25) is 0 Å². The van der Waals surface area contributed by atoms with Crippen LogP contribution in [0.4, 0.5) is 4.79 Å². The lowest BCUT2D eigenvalue weighted by molar-refractivity contribution is 0.204. The molecule has 0 aliphatic carbocycles. The molecule has 0 spiro atoms. The zero-order chi connectivity index (χ0) is 9.42. The van der Waals surface area contributed by atoms with Gasteiger partial charge in [0, 0.05) is 33.2 Å². The maximum absolute atomic E-state index is 11.3. The molecule has 2 atom stereocenters. The molecule has 2 amide bonds. The molecule has 0 aromatic carbocycles. The molecule has 0 radical (unpaired) electrons. The first-order chi connectivity index (χ1) is 6.20. The highest BCUT2D eigenvalue weighted by Gasteiger charge is 2.39. The Hall–Kier alpha value is -0.770. The van der Waals surface area contributed by atoms with Crippen molar-refractivity contribution in [3.63, 3.8) is 0 Å². The summed E-state index contributed by atoms with van der Waals surface area (Å²) in [7, 11) is 3.85. The molecular formula is C9H17N3O. The molecule has 1 N–H and O–H groups in total. The van der Waals surface area contributed by atoms with Gasteiger partial charge in [-0.1, -0.05) is 0 Å². The summed E-state index contributed by atoms with van der Waals surface area (Å²) in [5.41, 5.74) is 0. The topological polar surface area (TPSA) is 35.6 Å². The van der Waals surface area contributed by atoms with Crippen LogP contribution < -0.4 is 5.32 Å². The Balaban J connectivity index is 1.93. The Kier molecular flexibility index (Phi) is 2.15. The molecule has 2 aliphatic heterocycles. The number of rotatable bonds is 0.